The summed E-state index contributed by atoms with van der Waals surface area (Å²) in [6, 6.07) is 16.9. The summed E-state index contributed by atoms with van der Waals surface area (Å²) >= 11 is 7.34. The molecule has 2 heterocycles. The van der Waals surface area contributed by atoms with Gasteiger partial charge >= 0.3 is 5.91 Å². The number of hydrogen-bond donors (Lipinski definition) is 1. The summed E-state index contributed by atoms with van der Waals surface area (Å²) in [5.74, 6) is -1.02. The molecule has 1 amide bonds. The molecule has 1 N–H and O–H groups in total. The number of nitrogens with zero attached hydrogens (tertiary/aromatic N) is 2. The lowest BCUT2D eigenvalue weighted by Crippen LogP contribution is -2.29. The normalized spacial score (nSPS) is 17.5. The molecule has 6 nitrogen and oxygen atoms in total. The van der Waals surface area contributed by atoms with Gasteiger partial charge in [-0.1, -0.05) is 41.9 Å². The number of rotatable bonds is 4. The molecule has 0 radical (unpaired) electrons. The first-order valence-electron chi connectivity index (χ1n) is 10.4. The maximum absolute atomic E-state index is 13.2. The van der Waals surface area contributed by atoms with E-state index in [1.54, 1.807) is 43.5 Å². The third-order valence-corrected chi connectivity index (χ3v) is 6.97. The Balaban J connectivity index is 1.69. The first-order chi connectivity index (χ1) is 16.4. The van der Waals surface area contributed by atoms with Gasteiger partial charge in [0.2, 0.25) is 0 Å². The summed E-state index contributed by atoms with van der Waals surface area (Å²) in [5.41, 5.74) is 1.82. The van der Waals surface area contributed by atoms with E-state index in [2.05, 4.69) is 4.98 Å². The van der Waals surface area contributed by atoms with Crippen LogP contribution in [0, 0.1) is 6.92 Å². The number of benzene rings is 3. The minimum Gasteiger partial charge on any atom is -0.507 e. The van der Waals surface area contributed by atoms with Gasteiger partial charge in [0.25, 0.3) is 5.78 Å². The third kappa shape index (κ3) is 3.73. The quantitative estimate of drug-likeness (QED) is 0.219. The molecule has 34 heavy (non-hydrogen) atoms. The van der Waals surface area contributed by atoms with Crippen LogP contribution in [0.2, 0.25) is 5.02 Å². The van der Waals surface area contributed by atoms with Gasteiger partial charge in [-0.25, -0.2) is 4.98 Å². The second kappa shape index (κ2) is 8.59. The molecule has 8 heteroatoms. The van der Waals surface area contributed by atoms with Crippen LogP contribution >= 0.6 is 22.9 Å². The fraction of sp³-hybridized carbons (Fsp3) is 0.115. The zero-order chi connectivity index (χ0) is 24.0. The highest BCUT2D eigenvalue weighted by molar-refractivity contribution is 7.14. The van der Waals surface area contributed by atoms with Gasteiger partial charge in [0.05, 0.1) is 24.4 Å². The van der Waals surface area contributed by atoms with Gasteiger partial charge in [-0.15, -0.1) is 11.3 Å². The first-order valence-corrected chi connectivity index (χ1v) is 11.7. The minimum atomic E-state index is -0.839. The second-order valence-corrected chi connectivity index (χ2v) is 9.19. The summed E-state index contributed by atoms with van der Waals surface area (Å²) in [5, 5.41) is 15.8. The summed E-state index contributed by atoms with van der Waals surface area (Å²) in [7, 11) is 1.60. The van der Waals surface area contributed by atoms with E-state index in [1.807, 2.05) is 36.6 Å². The SMILES string of the molecule is COc1ccc2cc(/C(O)=C3\C(=O)C(=O)N(c4nc(C)cs4)C3c3ccc(Cl)cc3)ccc2c1. The molecule has 1 saturated heterocycles. The van der Waals surface area contributed by atoms with Crippen molar-refractivity contribution in [2.45, 2.75) is 13.0 Å². The number of aliphatic hydroxyl groups excluding tert-OH is 1. The van der Waals surface area contributed by atoms with Crippen molar-refractivity contribution >= 4 is 56.3 Å². The van der Waals surface area contributed by atoms with Crippen LogP contribution in [-0.2, 0) is 9.59 Å². The van der Waals surface area contributed by atoms with Crippen LogP contribution in [0.15, 0.2) is 71.6 Å². The monoisotopic (exact) mass is 490 g/mol. The average molecular weight is 491 g/mol. The Morgan fingerprint density at radius 1 is 1.06 bits per heavy atom. The molecular formula is C26H19ClN2O4S. The van der Waals surface area contributed by atoms with Crippen molar-refractivity contribution in [3.05, 3.63) is 93.5 Å². The van der Waals surface area contributed by atoms with Crippen molar-refractivity contribution in [2.24, 2.45) is 0 Å². The molecule has 1 fully saturated rings. The maximum Gasteiger partial charge on any atom is 0.301 e. The number of fused-ring (bicyclic) bond motifs is 1. The molecule has 1 unspecified atom stereocenters. The number of halogens is 1. The van der Waals surface area contributed by atoms with Crippen LogP contribution in [0.3, 0.4) is 0 Å². The van der Waals surface area contributed by atoms with Crippen molar-refractivity contribution < 1.29 is 19.4 Å². The lowest BCUT2D eigenvalue weighted by atomic mass is 9.94. The highest BCUT2D eigenvalue weighted by atomic mass is 35.5. The van der Waals surface area contributed by atoms with Crippen LogP contribution in [0.4, 0.5) is 5.13 Å². The minimum absolute atomic E-state index is 0.00744. The molecule has 1 atom stereocenters. The van der Waals surface area contributed by atoms with Crippen LogP contribution in [0.1, 0.15) is 22.9 Å². The first kappa shape index (κ1) is 22.1. The molecule has 1 aromatic heterocycles. The molecule has 5 rings (SSSR count). The van der Waals surface area contributed by atoms with Gasteiger partial charge < -0.3 is 9.84 Å². The zero-order valence-electron chi connectivity index (χ0n) is 18.3. The predicted molar refractivity (Wildman–Crippen MR) is 134 cm³/mol. The van der Waals surface area contributed by atoms with Crippen molar-refractivity contribution in [2.75, 3.05) is 12.0 Å². The van der Waals surface area contributed by atoms with Gasteiger partial charge in [-0.05, 0) is 53.6 Å². The Bertz CT molecular complexity index is 1480. The van der Waals surface area contributed by atoms with Crippen molar-refractivity contribution in [1.82, 2.24) is 4.98 Å². The van der Waals surface area contributed by atoms with E-state index in [0.717, 1.165) is 22.2 Å². The summed E-state index contributed by atoms with van der Waals surface area (Å²) < 4.78 is 5.27. The van der Waals surface area contributed by atoms with Gasteiger partial charge in [0.15, 0.2) is 5.13 Å². The Morgan fingerprint density at radius 2 is 1.76 bits per heavy atom. The molecular weight excluding hydrogens is 472 g/mol. The zero-order valence-corrected chi connectivity index (χ0v) is 19.9. The van der Waals surface area contributed by atoms with E-state index < -0.39 is 17.7 Å². The molecule has 0 aliphatic carbocycles. The number of ketones is 1. The number of aromatic nitrogens is 1. The lowest BCUT2D eigenvalue weighted by Gasteiger charge is -2.23. The van der Waals surface area contributed by atoms with E-state index in [4.69, 9.17) is 16.3 Å². The van der Waals surface area contributed by atoms with Gasteiger partial charge in [0, 0.05) is 16.0 Å². The van der Waals surface area contributed by atoms with Crippen LogP contribution in [0.25, 0.3) is 16.5 Å². The van der Waals surface area contributed by atoms with Gasteiger partial charge in [-0.3, -0.25) is 14.5 Å². The van der Waals surface area contributed by atoms with Crippen molar-refractivity contribution in [1.29, 1.82) is 0 Å². The lowest BCUT2D eigenvalue weighted by molar-refractivity contribution is -0.132. The number of ether oxygens (including phenoxy) is 1. The summed E-state index contributed by atoms with van der Waals surface area (Å²) in [4.78, 5) is 32.2. The van der Waals surface area contributed by atoms with E-state index in [9.17, 15) is 14.7 Å². The molecule has 0 spiro atoms. The second-order valence-electron chi connectivity index (χ2n) is 7.92. The fourth-order valence-corrected chi connectivity index (χ4v) is 5.05. The Hall–Kier alpha value is -3.68. The Kier molecular flexibility index (Phi) is 5.59. The third-order valence-electron chi connectivity index (χ3n) is 5.76. The molecule has 0 saturated carbocycles. The Labute approximate surface area is 204 Å². The highest BCUT2D eigenvalue weighted by Gasteiger charge is 2.48. The van der Waals surface area contributed by atoms with E-state index >= 15 is 0 Å². The maximum atomic E-state index is 13.2. The number of aryl methyl sites for hydroxylation is 1. The highest BCUT2D eigenvalue weighted by Crippen LogP contribution is 2.43. The largest absolute Gasteiger partial charge is 0.507 e. The van der Waals surface area contributed by atoms with Crippen molar-refractivity contribution in [3.63, 3.8) is 0 Å². The fourth-order valence-electron chi connectivity index (χ4n) is 4.10. The molecule has 1 aliphatic rings. The number of methoxy groups -OCH3 is 1. The predicted octanol–water partition coefficient (Wildman–Crippen LogP) is 5.89. The van der Waals surface area contributed by atoms with Crippen molar-refractivity contribution in [3.8, 4) is 5.75 Å². The molecule has 4 aromatic rings. The van der Waals surface area contributed by atoms with Gasteiger partial charge in [0.1, 0.15) is 11.5 Å². The van der Waals surface area contributed by atoms with Crippen LogP contribution in [-0.4, -0.2) is 28.9 Å². The summed E-state index contributed by atoms with van der Waals surface area (Å²) in [6.07, 6.45) is 0. The Morgan fingerprint density at radius 3 is 2.44 bits per heavy atom. The van der Waals surface area contributed by atoms with Gasteiger partial charge in [-0.2, -0.15) is 0 Å². The molecule has 0 bridgehead atoms. The molecule has 170 valence electrons. The van der Waals surface area contributed by atoms with E-state index in [0.29, 0.717) is 21.3 Å². The van der Waals surface area contributed by atoms with E-state index in [1.165, 1.54) is 16.2 Å². The number of amides is 1. The topological polar surface area (TPSA) is 79.7 Å². The number of thiazole rings is 1. The summed E-state index contributed by atoms with van der Waals surface area (Å²) in [6.45, 7) is 1.82. The standard InChI is InChI=1S/C26H19ClN2O4S/c1-14-13-34-26(28-14)29-22(15-5-8-19(27)9-6-15)21(24(31)25(29)32)23(30)18-4-3-17-12-20(33-2)10-7-16(17)11-18/h3-13,22,30H,1-2H3/b23-21+. The number of carbonyl (C=O) groups is 2. The number of carbonyl (C=O) groups excluding carboxylic acids is 2. The number of hydrogen-bond acceptors (Lipinski definition) is 6. The van der Waals surface area contributed by atoms with Crippen LogP contribution in [0.5, 0.6) is 5.75 Å². The number of aliphatic hydroxyl groups is 1. The average Bonchev–Trinajstić information content (AvgIpc) is 3.38. The number of anilines is 1. The smallest absolute Gasteiger partial charge is 0.301 e. The molecule has 3 aromatic carbocycles. The molecule has 1 aliphatic heterocycles. The van der Waals surface area contributed by atoms with E-state index in [-0.39, 0.29) is 11.3 Å². The number of Topliss-reactive ketones (excluding diaryl/α,β-unsaturated/α-hetero) is 1. The van der Waals surface area contributed by atoms with Crippen LogP contribution < -0.4 is 9.64 Å².